The maximum Gasteiger partial charge on any atom is 0.203 e. The number of nitrogens with one attached hydrogen (secondary N) is 1. The minimum Gasteiger partial charge on any atom is -0.372 e. The molecule has 3 aromatic rings. The molecule has 0 aliphatic carbocycles. The van der Waals surface area contributed by atoms with Gasteiger partial charge in [-0.2, -0.15) is 0 Å². The lowest BCUT2D eigenvalue weighted by Gasteiger charge is -2.14. The van der Waals surface area contributed by atoms with Crippen molar-refractivity contribution in [3.05, 3.63) is 40.3 Å². The van der Waals surface area contributed by atoms with Crippen molar-refractivity contribution in [2.24, 2.45) is 0 Å². The van der Waals surface area contributed by atoms with Crippen LogP contribution in [0, 0.1) is 0 Å². The smallest absolute Gasteiger partial charge is 0.203 e. The van der Waals surface area contributed by atoms with E-state index in [9.17, 15) is 0 Å². The van der Waals surface area contributed by atoms with Crippen molar-refractivity contribution in [2.75, 3.05) is 18.6 Å². The highest BCUT2D eigenvalue weighted by Crippen LogP contribution is 2.23. The van der Waals surface area contributed by atoms with Crippen LogP contribution in [0.15, 0.2) is 29.6 Å². The van der Waals surface area contributed by atoms with Crippen LogP contribution in [0.1, 0.15) is 30.7 Å². The van der Waals surface area contributed by atoms with Gasteiger partial charge in [-0.05, 0) is 26.0 Å². The van der Waals surface area contributed by atoms with Crippen molar-refractivity contribution in [1.82, 2.24) is 15.0 Å². The molecule has 116 valence electrons. The largest absolute Gasteiger partial charge is 0.372 e. The standard InChI is InChI=1S/C16H20N4OS/c1-4-21-11(2)15-17-12(10-22-15)9-20(3)16-18-13-7-5-6-8-14(13)19-16/h5-8,10-11H,4,9H2,1-3H3,(H,18,19). The second-order valence-electron chi connectivity index (χ2n) is 5.21. The number of hydrogen-bond donors (Lipinski definition) is 1. The Labute approximate surface area is 134 Å². The van der Waals surface area contributed by atoms with Gasteiger partial charge in [0.05, 0.1) is 23.3 Å². The van der Waals surface area contributed by atoms with Crippen LogP contribution in [0.3, 0.4) is 0 Å². The van der Waals surface area contributed by atoms with Gasteiger partial charge in [-0.3, -0.25) is 0 Å². The second kappa shape index (κ2) is 6.46. The number of benzene rings is 1. The molecule has 2 heterocycles. The second-order valence-corrected chi connectivity index (χ2v) is 6.10. The average molecular weight is 316 g/mol. The van der Waals surface area contributed by atoms with Gasteiger partial charge in [0, 0.05) is 19.0 Å². The molecule has 0 bridgehead atoms. The maximum absolute atomic E-state index is 5.59. The molecule has 2 aromatic heterocycles. The van der Waals surface area contributed by atoms with Gasteiger partial charge in [-0.25, -0.2) is 9.97 Å². The van der Waals surface area contributed by atoms with Crippen LogP contribution in [-0.4, -0.2) is 28.6 Å². The predicted octanol–water partition coefficient (Wildman–Crippen LogP) is 3.75. The minimum absolute atomic E-state index is 0.0558. The summed E-state index contributed by atoms with van der Waals surface area (Å²) in [5.41, 5.74) is 3.07. The molecule has 22 heavy (non-hydrogen) atoms. The van der Waals surface area contributed by atoms with E-state index in [0.29, 0.717) is 6.61 Å². The molecule has 1 atom stereocenters. The summed E-state index contributed by atoms with van der Waals surface area (Å²) in [5.74, 6) is 0.855. The zero-order chi connectivity index (χ0) is 15.5. The molecule has 0 saturated heterocycles. The van der Waals surface area contributed by atoms with Gasteiger partial charge < -0.3 is 14.6 Å². The monoisotopic (exact) mass is 316 g/mol. The number of fused-ring (bicyclic) bond motifs is 1. The third kappa shape index (κ3) is 3.13. The van der Waals surface area contributed by atoms with E-state index in [1.165, 1.54) is 0 Å². The number of rotatable bonds is 6. The first-order chi connectivity index (χ1) is 10.7. The molecule has 0 aliphatic heterocycles. The zero-order valence-corrected chi connectivity index (χ0v) is 13.9. The Morgan fingerprint density at radius 2 is 2.14 bits per heavy atom. The van der Waals surface area contributed by atoms with Gasteiger partial charge in [-0.1, -0.05) is 12.1 Å². The summed E-state index contributed by atoms with van der Waals surface area (Å²) in [5, 5.41) is 3.11. The summed E-state index contributed by atoms with van der Waals surface area (Å²) in [6.07, 6.45) is 0.0558. The number of aromatic nitrogens is 3. The van der Waals surface area contributed by atoms with Crippen LogP contribution in [0.4, 0.5) is 5.95 Å². The van der Waals surface area contributed by atoms with Crippen LogP contribution in [0.25, 0.3) is 11.0 Å². The normalized spacial score (nSPS) is 12.7. The van der Waals surface area contributed by atoms with Gasteiger partial charge in [0.1, 0.15) is 11.1 Å². The highest BCUT2D eigenvalue weighted by atomic mass is 32.1. The summed E-state index contributed by atoms with van der Waals surface area (Å²) >= 11 is 1.65. The molecule has 0 spiro atoms. The number of anilines is 1. The van der Waals surface area contributed by atoms with E-state index in [1.807, 2.05) is 45.2 Å². The van der Waals surface area contributed by atoms with Crippen LogP contribution in [0.2, 0.25) is 0 Å². The van der Waals surface area contributed by atoms with Gasteiger partial charge in [0.25, 0.3) is 0 Å². The number of thiazole rings is 1. The quantitative estimate of drug-likeness (QED) is 0.752. The number of aromatic amines is 1. The van der Waals surface area contributed by atoms with Crippen molar-refractivity contribution < 1.29 is 4.74 Å². The lowest BCUT2D eigenvalue weighted by Crippen LogP contribution is -2.18. The molecule has 1 aromatic carbocycles. The summed E-state index contributed by atoms with van der Waals surface area (Å²) < 4.78 is 5.59. The number of H-pyrrole nitrogens is 1. The summed E-state index contributed by atoms with van der Waals surface area (Å²) in [6, 6.07) is 8.04. The molecule has 0 radical (unpaired) electrons. The van der Waals surface area contributed by atoms with E-state index >= 15 is 0 Å². The molecule has 6 heteroatoms. The Morgan fingerprint density at radius 3 is 2.91 bits per heavy atom. The highest BCUT2D eigenvalue weighted by molar-refractivity contribution is 7.09. The number of para-hydroxylation sites is 2. The summed E-state index contributed by atoms with van der Waals surface area (Å²) in [7, 11) is 2.02. The highest BCUT2D eigenvalue weighted by Gasteiger charge is 2.13. The van der Waals surface area contributed by atoms with E-state index in [0.717, 1.165) is 34.2 Å². The zero-order valence-electron chi connectivity index (χ0n) is 13.0. The molecule has 0 saturated carbocycles. The fourth-order valence-corrected chi connectivity index (χ4v) is 3.15. The predicted molar refractivity (Wildman–Crippen MR) is 90.4 cm³/mol. The van der Waals surface area contributed by atoms with Crippen molar-refractivity contribution >= 4 is 28.3 Å². The summed E-state index contributed by atoms with van der Waals surface area (Å²) in [6.45, 7) is 5.46. The Hall–Kier alpha value is -1.92. The lowest BCUT2D eigenvalue weighted by atomic mass is 10.3. The van der Waals surface area contributed by atoms with Crippen LogP contribution in [-0.2, 0) is 11.3 Å². The first-order valence-electron chi connectivity index (χ1n) is 7.39. The fourth-order valence-electron chi connectivity index (χ4n) is 2.34. The number of nitrogens with zero attached hydrogens (tertiary/aromatic N) is 3. The average Bonchev–Trinajstić information content (AvgIpc) is 3.13. The molecule has 0 fully saturated rings. The third-order valence-electron chi connectivity index (χ3n) is 3.47. The third-order valence-corrected chi connectivity index (χ3v) is 4.53. The van der Waals surface area contributed by atoms with Crippen molar-refractivity contribution in [2.45, 2.75) is 26.5 Å². The number of imidazole rings is 1. The topological polar surface area (TPSA) is 54.0 Å². The molecule has 5 nitrogen and oxygen atoms in total. The van der Waals surface area contributed by atoms with Crippen molar-refractivity contribution in [3.8, 4) is 0 Å². The van der Waals surface area contributed by atoms with Crippen LogP contribution < -0.4 is 4.90 Å². The molecular weight excluding hydrogens is 296 g/mol. The van der Waals surface area contributed by atoms with E-state index in [2.05, 4.69) is 25.2 Å². The Balaban J connectivity index is 1.72. The van der Waals surface area contributed by atoms with E-state index in [4.69, 9.17) is 4.74 Å². The van der Waals surface area contributed by atoms with Gasteiger partial charge in [0.2, 0.25) is 5.95 Å². The van der Waals surface area contributed by atoms with E-state index in [-0.39, 0.29) is 6.10 Å². The SMILES string of the molecule is CCOC(C)c1nc(CN(C)c2nc3ccccc3[nH]2)cs1. The Bertz CT molecular complexity index is 718. The molecule has 3 rings (SSSR count). The molecule has 1 unspecified atom stereocenters. The van der Waals surface area contributed by atoms with E-state index in [1.54, 1.807) is 11.3 Å². The van der Waals surface area contributed by atoms with Crippen LogP contribution >= 0.6 is 11.3 Å². The Kier molecular flexibility index (Phi) is 4.40. The van der Waals surface area contributed by atoms with Crippen molar-refractivity contribution in [3.63, 3.8) is 0 Å². The molecular formula is C16H20N4OS. The van der Waals surface area contributed by atoms with Crippen LogP contribution in [0.5, 0.6) is 0 Å². The maximum atomic E-state index is 5.59. The molecule has 1 N–H and O–H groups in total. The Morgan fingerprint density at radius 1 is 1.32 bits per heavy atom. The van der Waals surface area contributed by atoms with Gasteiger partial charge in [0.15, 0.2) is 0 Å². The van der Waals surface area contributed by atoms with Gasteiger partial charge >= 0.3 is 0 Å². The van der Waals surface area contributed by atoms with Gasteiger partial charge in [-0.15, -0.1) is 11.3 Å². The molecule has 0 aliphatic rings. The number of ether oxygens (including phenoxy) is 1. The van der Waals surface area contributed by atoms with Crippen molar-refractivity contribution in [1.29, 1.82) is 0 Å². The number of hydrogen-bond acceptors (Lipinski definition) is 5. The summed E-state index contributed by atoms with van der Waals surface area (Å²) in [4.78, 5) is 14.7. The van der Waals surface area contributed by atoms with E-state index < -0.39 is 0 Å². The lowest BCUT2D eigenvalue weighted by molar-refractivity contribution is 0.0761. The first-order valence-corrected chi connectivity index (χ1v) is 8.27. The fraction of sp³-hybridized carbons (Fsp3) is 0.375. The first kappa shape index (κ1) is 15.0. The molecule has 0 amide bonds. The minimum atomic E-state index is 0.0558.